The van der Waals surface area contributed by atoms with E-state index in [0.717, 1.165) is 38.5 Å². The molecule has 2 unspecified atom stereocenters. The van der Waals surface area contributed by atoms with Gasteiger partial charge >= 0.3 is 5.97 Å². The van der Waals surface area contributed by atoms with Crippen molar-refractivity contribution in [3.8, 4) is 0 Å². The van der Waals surface area contributed by atoms with Gasteiger partial charge in [0.05, 0.1) is 25.4 Å². The fraction of sp³-hybridized carbons (Fsp3) is 0.947. The molecule has 488 valence electrons. The molecule has 6 nitrogen and oxygen atoms in total. The van der Waals surface area contributed by atoms with Crippen LogP contribution in [0.1, 0.15) is 438 Å². The van der Waals surface area contributed by atoms with Crippen LogP contribution in [0.15, 0.2) is 12.2 Å². The first-order valence-corrected chi connectivity index (χ1v) is 37.9. The molecule has 0 radical (unpaired) electrons. The van der Waals surface area contributed by atoms with Crippen LogP contribution in [0, 0.1) is 0 Å². The molecular weight excluding hydrogens is 1010 g/mol. The van der Waals surface area contributed by atoms with E-state index < -0.39 is 12.1 Å². The second-order valence-electron chi connectivity index (χ2n) is 26.3. The third-order valence-corrected chi connectivity index (χ3v) is 18.1. The smallest absolute Gasteiger partial charge is 0.305 e. The van der Waals surface area contributed by atoms with E-state index >= 15 is 0 Å². The zero-order valence-corrected chi connectivity index (χ0v) is 56.0. The van der Waals surface area contributed by atoms with Crippen LogP contribution in [0.4, 0.5) is 0 Å². The van der Waals surface area contributed by atoms with Crippen LogP contribution >= 0.6 is 0 Å². The van der Waals surface area contributed by atoms with Gasteiger partial charge < -0.3 is 20.3 Å². The molecule has 3 N–H and O–H groups in total. The highest BCUT2D eigenvalue weighted by Crippen LogP contribution is 2.20. The Balaban J connectivity index is 3.31. The van der Waals surface area contributed by atoms with E-state index in [9.17, 15) is 19.8 Å². The van der Waals surface area contributed by atoms with Crippen molar-refractivity contribution < 1.29 is 24.5 Å². The predicted molar refractivity (Wildman–Crippen MR) is 361 cm³/mol. The largest absolute Gasteiger partial charge is 0.466 e. The van der Waals surface area contributed by atoms with Gasteiger partial charge in [-0.05, 0) is 51.4 Å². The Bertz CT molecular complexity index is 1240. The fourth-order valence-corrected chi connectivity index (χ4v) is 12.3. The minimum absolute atomic E-state index is 0.0189. The highest BCUT2D eigenvalue weighted by Gasteiger charge is 2.20. The zero-order chi connectivity index (χ0) is 59.2. The molecule has 0 heterocycles. The summed E-state index contributed by atoms with van der Waals surface area (Å²) in [4.78, 5) is 24.6. The maximum absolute atomic E-state index is 12.5. The number of ether oxygens (including phenoxy) is 1. The van der Waals surface area contributed by atoms with Crippen molar-refractivity contribution in [3.05, 3.63) is 12.2 Å². The Morgan fingerprint density at radius 2 is 0.573 bits per heavy atom. The minimum atomic E-state index is -0.661. The first kappa shape index (κ1) is 80.6. The molecule has 0 bridgehead atoms. The normalized spacial score (nSPS) is 12.5. The monoisotopic (exact) mass is 1160 g/mol. The van der Waals surface area contributed by atoms with Crippen LogP contribution in [0.2, 0.25) is 0 Å². The summed E-state index contributed by atoms with van der Waals surface area (Å²) in [6.45, 7) is 5.00. The number of esters is 1. The fourth-order valence-electron chi connectivity index (χ4n) is 12.3. The lowest BCUT2D eigenvalue weighted by molar-refractivity contribution is -0.143. The van der Waals surface area contributed by atoms with Crippen LogP contribution in [0.3, 0.4) is 0 Å². The average molecular weight is 1160 g/mol. The SMILES string of the molecule is CCCCCCCCC/C=C\CCCCCCCCCC(=O)OCCCCCCCCCCCCCCCCCCCCCCCCCCCCCCCCCC(=O)NC(CO)C(O)CCCCCCCCCCCCCCCCCC. The van der Waals surface area contributed by atoms with Crippen LogP contribution in [-0.4, -0.2) is 47.4 Å². The van der Waals surface area contributed by atoms with Gasteiger partial charge in [-0.25, -0.2) is 0 Å². The quantitative estimate of drug-likeness (QED) is 0.0320. The van der Waals surface area contributed by atoms with Crippen molar-refractivity contribution in [3.63, 3.8) is 0 Å². The van der Waals surface area contributed by atoms with Gasteiger partial charge in [0.25, 0.3) is 0 Å². The molecule has 6 heteroatoms. The van der Waals surface area contributed by atoms with E-state index in [0.29, 0.717) is 25.9 Å². The summed E-state index contributed by atoms with van der Waals surface area (Å²) in [6.07, 6.45) is 90.0. The molecule has 82 heavy (non-hydrogen) atoms. The highest BCUT2D eigenvalue weighted by atomic mass is 16.5. The minimum Gasteiger partial charge on any atom is -0.466 e. The molecule has 0 saturated carbocycles. The average Bonchev–Trinajstić information content (AvgIpc) is 3.48. The third kappa shape index (κ3) is 67.7. The summed E-state index contributed by atoms with van der Waals surface area (Å²) < 4.78 is 5.51. The number of carbonyl (C=O) groups is 2. The Morgan fingerprint density at radius 1 is 0.329 bits per heavy atom. The lowest BCUT2D eigenvalue weighted by Gasteiger charge is -2.22. The second-order valence-corrected chi connectivity index (χ2v) is 26.3. The van der Waals surface area contributed by atoms with E-state index in [1.165, 1.54) is 366 Å². The van der Waals surface area contributed by atoms with E-state index in [4.69, 9.17) is 4.74 Å². The number of carbonyl (C=O) groups excluding carboxylic acids is 2. The summed E-state index contributed by atoms with van der Waals surface area (Å²) in [7, 11) is 0. The first-order chi connectivity index (χ1) is 40.5. The third-order valence-electron chi connectivity index (χ3n) is 18.1. The van der Waals surface area contributed by atoms with Crippen molar-refractivity contribution in [2.75, 3.05) is 13.2 Å². The molecule has 0 aliphatic heterocycles. The topological polar surface area (TPSA) is 95.9 Å². The standard InChI is InChI=1S/C76H149NO5/c1-3-5-7-9-11-13-15-17-19-21-38-42-46-50-54-58-62-66-70-76(81)82-71-67-63-59-55-51-47-43-39-36-34-32-30-28-26-24-22-23-25-27-29-31-33-35-37-41-45-49-53-57-61-65-69-75(80)77-73(72-78)74(79)68-64-60-56-52-48-44-40-20-18-16-14-12-10-8-6-4-2/h19,21,73-74,78-79H,3-18,20,22-72H2,1-2H3,(H,77,80)/b21-19-. The molecule has 0 saturated heterocycles. The predicted octanol–water partition coefficient (Wildman–Crippen LogP) is 24.7. The van der Waals surface area contributed by atoms with Crippen LogP contribution in [-0.2, 0) is 14.3 Å². The summed E-state index contributed by atoms with van der Waals surface area (Å²) >= 11 is 0. The van der Waals surface area contributed by atoms with Gasteiger partial charge in [-0.1, -0.05) is 386 Å². The number of hydrogen-bond donors (Lipinski definition) is 3. The maximum atomic E-state index is 12.5. The summed E-state index contributed by atoms with van der Waals surface area (Å²) in [5.41, 5.74) is 0. The number of aliphatic hydroxyl groups is 2. The molecule has 0 aliphatic rings. The number of amides is 1. The molecule has 1 amide bonds. The van der Waals surface area contributed by atoms with Gasteiger partial charge in [0.15, 0.2) is 0 Å². The van der Waals surface area contributed by atoms with E-state index in [1.54, 1.807) is 0 Å². The number of aliphatic hydroxyl groups excluding tert-OH is 2. The molecular formula is C76H149NO5. The lowest BCUT2D eigenvalue weighted by atomic mass is 10.0. The van der Waals surface area contributed by atoms with Gasteiger partial charge in [0, 0.05) is 12.8 Å². The van der Waals surface area contributed by atoms with Crippen molar-refractivity contribution in [1.82, 2.24) is 5.32 Å². The molecule has 0 rings (SSSR count). The number of hydrogen-bond acceptors (Lipinski definition) is 5. The Morgan fingerprint density at radius 3 is 0.866 bits per heavy atom. The van der Waals surface area contributed by atoms with Gasteiger partial charge in [-0.3, -0.25) is 9.59 Å². The zero-order valence-electron chi connectivity index (χ0n) is 56.0. The summed E-state index contributed by atoms with van der Waals surface area (Å²) in [5.74, 6) is -0.00774. The van der Waals surface area contributed by atoms with Crippen LogP contribution in [0.5, 0.6) is 0 Å². The summed E-state index contributed by atoms with van der Waals surface area (Å²) in [5, 5.41) is 23.4. The lowest BCUT2D eigenvalue weighted by Crippen LogP contribution is -2.45. The van der Waals surface area contributed by atoms with Crippen LogP contribution < -0.4 is 5.32 Å². The molecule has 0 aliphatic carbocycles. The van der Waals surface area contributed by atoms with Gasteiger partial charge in [-0.15, -0.1) is 0 Å². The molecule has 0 spiro atoms. The van der Waals surface area contributed by atoms with E-state index in [-0.39, 0.29) is 18.5 Å². The van der Waals surface area contributed by atoms with Crippen molar-refractivity contribution in [2.24, 2.45) is 0 Å². The molecule has 0 aromatic carbocycles. The summed E-state index contributed by atoms with van der Waals surface area (Å²) in [6, 6.07) is -0.538. The Labute approximate surface area is 514 Å². The second kappa shape index (κ2) is 72.1. The highest BCUT2D eigenvalue weighted by molar-refractivity contribution is 5.76. The molecule has 0 aromatic rings. The van der Waals surface area contributed by atoms with E-state index in [2.05, 4.69) is 31.3 Å². The molecule has 0 fully saturated rings. The number of nitrogens with one attached hydrogen (secondary N) is 1. The van der Waals surface area contributed by atoms with Crippen LogP contribution in [0.25, 0.3) is 0 Å². The maximum Gasteiger partial charge on any atom is 0.305 e. The Hall–Kier alpha value is -1.40. The number of rotatable bonds is 72. The molecule has 0 aromatic heterocycles. The van der Waals surface area contributed by atoms with Gasteiger partial charge in [0.1, 0.15) is 0 Å². The van der Waals surface area contributed by atoms with E-state index in [1.807, 2.05) is 0 Å². The number of unbranched alkanes of at least 4 members (excludes halogenated alkanes) is 59. The van der Waals surface area contributed by atoms with Crippen molar-refractivity contribution >= 4 is 11.9 Å². The van der Waals surface area contributed by atoms with Gasteiger partial charge in [-0.2, -0.15) is 0 Å². The van der Waals surface area contributed by atoms with Crippen molar-refractivity contribution in [1.29, 1.82) is 0 Å². The first-order valence-electron chi connectivity index (χ1n) is 37.9. The Kier molecular flexibility index (Phi) is 70.8. The number of allylic oxidation sites excluding steroid dienone is 2. The molecule has 2 atom stereocenters. The van der Waals surface area contributed by atoms with Gasteiger partial charge in [0.2, 0.25) is 5.91 Å². The van der Waals surface area contributed by atoms with Crippen molar-refractivity contribution in [2.45, 2.75) is 450 Å².